The van der Waals surface area contributed by atoms with Gasteiger partial charge >= 0.3 is 0 Å². The van der Waals surface area contributed by atoms with Crippen LogP contribution in [-0.4, -0.2) is 14.9 Å². The zero-order valence-electron chi connectivity index (χ0n) is 18.9. The Hall–Kier alpha value is -1.64. The van der Waals surface area contributed by atoms with Crippen LogP contribution in [0.5, 0.6) is 0 Å². The summed E-state index contributed by atoms with van der Waals surface area (Å²) in [5.74, 6) is 1.60. The van der Waals surface area contributed by atoms with Crippen LogP contribution in [0.25, 0.3) is 0 Å². The van der Waals surface area contributed by atoms with E-state index in [1.165, 1.54) is 48.9 Å². The summed E-state index contributed by atoms with van der Waals surface area (Å²) in [6.45, 7) is 8.10. The van der Waals surface area contributed by atoms with E-state index in [0.717, 1.165) is 18.4 Å². The summed E-state index contributed by atoms with van der Waals surface area (Å²) in [6.07, 6.45) is 10.8. The molecule has 0 unspecified atom stereocenters. The smallest absolute Gasteiger partial charge is 0.261 e. The van der Waals surface area contributed by atoms with Gasteiger partial charge in [0.2, 0.25) is 0 Å². The number of rotatable bonds is 5. The van der Waals surface area contributed by atoms with Gasteiger partial charge in [-0.15, -0.1) is 0 Å². The highest BCUT2D eigenvalue weighted by molar-refractivity contribution is 6.99. The van der Waals surface area contributed by atoms with Crippen LogP contribution in [0.2, 0.25) is 5.04 Å². The van der Waals surface area contributed by atoms with Crippen molar-refractivity contribution in [3.63, 3.8) is 0 Å². The molecule has 0 N–H and O–H groups in total. The average Bonchev–Trinajstić information content (AvgIpc) is 3.40. The second-order valence-corrected chi connectivity index (χ2v) is 15.0. The van der Waals surface area contributed by atoms with Gasteiger partial charge in [-0.2, -0.15) is 0 Å². The van der Waals surface area contributed by atoms with Gasteiger partial charge in [-0.1, -0.05) is 99.5 Å². The van der Waals surface area contributed by atoms with Crippen LogP contribution in [0.15, 0.2) is 72.3 Å². The largest absolute Gasteiger partial charge is 0.407 e. The number of benzene rings is 2. The molecule has 2 fully saturated rings. The second-order valence-electron chi connectivity index (χ2n) is 10.7. The van der Waals surface area contributed by atoms with Gasteiger partial charge in [0.15, 0.2) is 0 Å². The Morgan fingerprint density at radius 2 is 1.57 bits per heavy atom. The van der Waals surface area contributed by atoms with Gasteiger partial charge < -0.3 is 4.43 Å². The van der Waals surface area contributed by atoms with Crippen molar-refractivity contribution < 1.29 is 4.43 Å². The number of allylic oxidation sites excluding steroid dienone is 2. The van der Waals surface area contributed by atoms with Crippen LogP contribution in [0.1, 0.15) is 59.3 Å². The van der Waals surface area contributed by atoms with Crippen molar-refractivity contribution in [1.82, 2.24) is 0 Å². The molecule has 0 aliphatic heterocycles. The quantitative estimate of drug-likeness (QED) is 0.423. The highest BCUT2D eigenvalue weighted by Gasteiger charge is 2.66. The van der Waals surface area contributed by atoms with Crippen LogP contribution in [0.3, 0.4) is 0 Å². The van der Waals surface area contributed by atoms with Gasteiger partial charge in [0.25, 0.3) is 8.32 Å². The first-order valence-corrected chi connectivity index (χ1v) is 13.9. The first-order chi connectivity index (χ1) is 14.5. The van der Waals surface area contributed by atoms with Gasteiger partial charge in [-0.05, 0) is 64.8 Å². The number of hydrogen-bond acceptors (Lipinski definition) is 1. The molecule has 3 aliphatic rings. The molecule has 2 heteroatoms. The molecule has 0 saturated heterocycles. The number of hydrogen-bond donors (Lipinski definition) is 0. The van der Waals surface area contributed by atoms with Crippen molar-refractivity contribution in [1.29, 1.82) is 0 Å². The predicted molar refractivity (Wildman–Crippen MR) is 129 cm³/mol. The molecule has 0 aromatic heterocycles. The minimum absolute atomic E-state index is 0.0681. The van der Waals surface area contributed by atoms with Gasteiger partial charge in [0, 0.05) is 6.61 Å². The molecule has 2 aromatic carbocycles. The third kappa shape index (κ3) is 2.98. The SMILES string of the molecule is CC(C)(C)[Si](OC[C@H]1[C@@H]2CCC=C3CCCC[C@]321)(c1ccccc1)c1ccccc1. The molecule has 158 valence electrons. The van der Waals surface area contributed by atoms with Crippen molar-refractivity contribution in [2.45, 2.75) is 64.3 Å². The third-order valence-corrected chi connectivity index (χ3v) is 13.4. The summed E-state index contributed by atoms with van der Waals surface area (Å²) in [5, 5.41) is 2.88. The van der Waals surface area contributed by atoms with E-state index in [9.17, 15) is 0 Å². The van der Waals surface area contributed by atoms with E-state index in [0.29, 0.717) is 5.41 Å². The fraction of sp³-hybridized carbons (Fsp3) is 0.500. The van der Waals surface area contributed by atoms with E-state index < -0.39 is 8.32 Å². The van der Waals surface area contributed by atoms with Crippen molar-refractivity contribution in [2.75, 3.05) is 6.61 Å². The topological polar surface area (TPSA) is 9.23 Å². The van der Waals surface area contributed by atoms with Crippen LogP contribution < -0.4 is 10.4 Å². The molecule has 0 bridgehead atoms. The maximum Gasteiger partial charge on any atom is 0.261 e. The maximum atomic E-state index is 7.34. The van der Waals surface area contributed by atoms with Crippen LogP contribution >= 0.6 is 0 Å². The van der Waals surface area contributed by atoms with Crippen LogP contribution in [0.4, 0.5) is 0 Å². The van der Waals surface area contributed by atoms with Crippen molar-refractivity contribution in [3.8, 4) is 0 Å². The molecule has 2 aromatic rings. The van der Waals surface area contributed by atoms with Crippen molar-refractivity contribution >= 4 is 18.7 Å². The second kappa shape index (κ2) is 7.49. The Kier molecular flexibility index (Phi) is 5.06. The summed E-state index contributed by atoms with van der Waals surface area (Å²) in [4.78, 5) is 0. The van der Waals surface area contributed by atoms with Gasteiger partial charge in [0.1, 0.15) is 0 Å². The van der Waals surface area contributed by atoms with Crippen LogP contribution in [0, 0.1) is 17.3 Å². The van der Waals surface area contributed by atoms with Gasteiger partial charge in [-0.3, -0.25) is 0 Å². The minimum atomic E-state index is -2.42. The summed E-state index contributed by atoms with van der Waals surface area (Å²) in [5.41, 5.74) is 2.29. The molecule has 0 amide bonds. The fourth-order valence-electron chi connectivity index (χ4n) is 7.01. The van der Waals surface area contributed by atoms with E-state index >= 15 is 0 Å². The summed E-state index contributed by atoms with van der Waals surface area (Å²) in [7, 11) is -2.42. The van der Waals surface area contributed by atoms with E-state index in [4.69, 9.17) is 4.43 Å². The molecule has 1 spiro atoms. The lowest BCUT2D eigenvalue weighted by molar-refractivity contribution is 0.252. The monoisotopic (exact) mass is 416 g/mol. The Morgan fingerprint density at radius 1 is 0.933 bits per heavy atom. The molecule has 0 radical (unpaired) electrons. The first-order valence-electron chi connectivity index (χ1n) is 11.9. The normalized spacial score (nSPS) is 28.3. The van der Waals surface area contributed by atoms with E-state index in [-0.39, 0.29) is 5.04 Å². The molecular weight excluding hydrogens is 380 g/mol. The summed E-state index contributed by atoms with van der Waals surface area (Å²) in [6, 6.07) is 22.3. The van der Waals surface area contributed by atoms with Crippen molar-refractivity contribution in [3.05, 3.63) is 72.3 Å². The first kappa shape index (κ1) is 20.3. The summed E-state index contributed by atoms with van der Waals surface area (Å²) < 4.78 is 7.34. The Labute approximate surface area is 183 Å². The molecule has 5 rings (SSSR count). The Bertz CT molecular complexity index is 871. The zero-order valence-corrected chi connectivity index (χ0v) is 19.9. The highest BCUT2D eigenvalue weighted by atomic mass is 28.4. The molecule has 3 atom stereocenters. The zero-order chi connectivity index (χ0) is 20.8. The molecule has 30 heavy (non-hydrogen) atoms. The summed E-state index contributed by atoms with van der Waals surface area (Å²) >= 11 is 0. The van der Waals surface area contributed by atoms with E-state index in [1.807, 2.05) is 0 Å². The standard InChI is InChI=1S/C28H36OSi/c1-27(2,3)30(23-15-6-4-7-16-23,24-17-8-5-9-18-24)29-21-26-25-19-12-14-22-13-10-11-20-28(22,25)26/h4-9,14-18,25-26H,10-13,19-21H2,1-3H3/t25-,26-,28-/m0/s1. The average molecular weight is 417 g/mol. The Balaban J connectivity index is 1.52. The van der Waals surface area contributed by atoms with Gasteiger partial charge in [-0.25, -0.2) is 0 Å². The molecule has 2 saturated carbocycles. The Morgan fingerprint density at radius 3 is 2.17 bits per heavy atom. The predicted octanol–water partition coefficient (Wildman–Crippen LogP) is 6.09. The van der Waals surface area contributed by atoms with E-state index in [2.05, 4.69) is 87.5 Å². The minimum Gasteiger partial charge on any atom is -0.407 e. The third-order valence-electron chi connectivity index (χ3n) is 8.35. The van der Waals surface area contributed by atoms with Crippen LogP contribution in [-0.2, 0) is 4.43 Å². The highest BCUT2D eigenvalue weighted by Crippen LogP contribution is 2.72. The van der Waals surface area contributed by atoms with Gasteiger partial charge in [0.05, 0.1) is 0 Å². The maximum absolute atomic E-state index is 7.34. The van der Waals surface area contributed by atoms with Crippen molar-refractivity contribution in [2.24, 2.45) is 17.3 Å². The molecule has 1 nitrogen and oxygen atoms in total. The molecule has 0 heterocycles. The lowest BCUT2D eigenvalue weighted by Crippen LogP contribution is -2.66. The van der Waals surface area contributed by atoms with E-state index in [1.54, 1.807) is 5.57 Å². The lowest BCUT2D eigenvalue weighted by atomic mass is 9.75. The molecule has 3 aliphatic carbocycles. The lowest BCUT2D eigenvalue weighted by Gasteiger charge is -2.43. The fourth-order valence-corrected chi connectivity index (χ4v) is 11.6. The molecular formula is C28H36OSi.